The SMILES string of the molecule is CCCCCCc1cc(C2=C(CCCCC)C(CCCC)=C(c3cc(CCC)c(CCC)c(CCC)c3)[N+]2=[N-])cc(CCCCCC)c1CCCCCC.[CH3][Ni][CH3]. The number of unbranched alkanes of at least 4 members (excludes halogenated alkanes) is 12. The summed E-state index contributed by atoms with van der Waals surface area (Å²) in [6, 6.07) is 10.1. The zero-order valence-electron chi connectivity index (χ0n) is 39.3. The van der Waals surface area contributed by atoms with Crippen LogP contribution < -0.4 is 0 Å². The third-order valence-corrected chi connectivity index (χ3v) is 12.0. The van der Waals surface area contributed by atoms with Gasteiger partial charge in [-0.15, -0.1) is 0 Å². The van der Waals surface area contributed by atoms with Crippen LogP contribution in [-0.2, 0) is 53.0 Å². The third-order valence-electron chi connectivity index (χ3n) is 12.0. The molecule has 1 aliphatic rings. The van der Waals surface area contributed by atoms with E-state index in [-0.39, 0.29) is 0 Å². The van der Waals surface area contributed by atoms with Crippen molar-refractivity contribution in [3.63, 3.8) is 0 Å². The molecule has 2 nitrogen and oxygen atoms in total. The first-order valence-corrected chi connectivity index (χ1v) is 26.3. The number of allylic oxidation sites excluding steroid dienone is 2. The Labute approximate surface area is 361 Å². The monoisotopic (exact) mass is 825 g/mol. The first-order chi connectivity index (χ1) is 27.8. The summed E-state index contributed by atoms with van der Waals surface area (Å²) in [7, 11) is 0. The van der Waals surface area contributed by atoms with Gasteiger partial charge in [-0.3, -0.25) is 0 Å². The number of aryl methyl sites for hydroxylation is 4. The molecule has 0 unspecified atom stereocenters. The van der Waals surface area contributed by atoms with E-state index in [1.54, 1.807) is 41.4 Å². The standard InChI is InChI=1S/C52H84N2.2CH3.Ni/c1-9-17-22-26-32-43-39-46(40-44(33-27-23-18-10-2)48(43)35-28-24-19-11-3)52-50(36-25-20-12-4)49(34-21-13-5)51(54(52)53)45-37-41(29-14-6)47(31-16-8)42(38-45)30-15-7;;;/h37-40H,9-36H2,1-8H3;2*1H3;. The molecule has 0 aromatic heterocycles. The van der Waals surface area contributed by atoms with E-state index in [1.165, 1.54) is 143 Å². The maximum atomic E-state index is 12.8. The first kappa shape index (κ1) is 51.2. The Balaban J connectivity index is 0.00000362. The third kappa shape index (κ3) is 16.5. The van der Waals surface area contributed by atoms with Crippen LogP contribution in [0.2, 0.25) is 11.8 Å². The second kappa shape index (κ2) is 31.0. The molecule has 326 valence electrons. The van der Waals surface area contributed by atoms with Crippen molar-refractivity contribution in [3.05, 3.63) is 85.5 Å². The predicted octanol–water partition coefficient (Wildman–Crippen LogP) is 18.0. The second-order valence-electron chi connectivity index (χ2n) is 17.1. The number of hydrogen-bond donors (Lipinski definition) is 0. The van der Waals surface area contributed by atoms with E-state index in [2.05, 4.69) is 91.4 Å². The van der Waals surface area contributed by atoms with Gasteiger partial charge in [-0.05, 0) is 141 Å². The van der Waals surface area contributed by atoms with E-state index in [1.807, 2.05) is 0 Å². The number of rotatable bonds is 30. The maximum absolute atomic E-state index is 12.8. The van der Waals surface area contributed by atoms with E-state index in [4.69, 9.17) is 0 Å². The molecule has 0 aliphatic carbocycles. The fourth-order valence-electron chi connectivity index (χ4n) is 9.09. The molecule has 0 N–H and O–H groups in total. The normalized spacial score (nSPS) is 13.0. The van der Waals surface area contributed by atoms with Crippen LogP contribution in [0.1, 0.15) is 241 Å². The Morgan fingerprint density at radius 3 is 1.07 bits per heavy atom. The van der Waals surface area contributed by atoms with Crippen LogP contribution in [0.5, 0.6) is 0 Å². The molecule has 0 saturated heterocycles. The van der Waals surface area contributed by atoms with Gasteiger partial charge in [-0.1, -0.05) is 152 Å². The van der Waals surface area contributed by atoms with E-state index < -0.39 is 0 Å². The van der Waals surface area contributed by atoms with Crippen molar-refractivity contribution in [2.24, 2.45) is 0 Å². The molecule has 0 atom stereocenters. The summed E-state index contributed by atoms with van der Waals surface area (Å²) < 4.78 is 1.71. The molecular formula is C54H90N2Ni. The van der Waals surface area contributed by atoms with Gasteiger partial charge in [0.05, 0.1) is 0 Å². The van der Waals surface area contributed by atoms with Crippen LogP contribution >= 0.6 is 0 Å². The van der Waals surface area contributed by atoms with Crippen molar-refractivity contribution in [3.8, 4) is 0 Å². The number of benzene rings is 2. The summed E-state index contributed by atoms with van der Waals surface area (Å²) in [5, 5.41) is 0. The van der Waals surface area contributed by atoms with Gasteiger partial charge in [0.25, 0.3) is 0 Å². The molecule has 0 bridgehead atoms. The van der Waals surface area contributed by atoms with Gasteiger partial charge in [0, 0.05) is 22.3 Å². The van der Waals surface area contributed by atoms with E-state index in [9.17, 15) is 5.53 Å². The van der Waals surface area contributed by atoms with Crippen LogP contribution in [0.3, 0.4) is 0 Å². The Morgan fingerprint density at radius 1 is 0.368 bits per heavy atom. The van der Waals surface area contributed by atoms with Crippen LogP contribution in [0.25, 0.3) is 16.9 Å². The Bertz CT molecular complexity index is 1430. The van der Waals surface area contributed by atoms with E-state index in [0.29, 0.717) is 0 Å². The molecule has 3 heteroatoms. The van der Waals surface area contributed by atoms with Crippen LogP contribution in [0, 0.1) is 0 Å². The van der Waals surface area contributed by atoms with Gasteiger partial charge in [0.15, 0.2) is 0 Å². The zero-order valence-corrected chi connectivity index (χ0v) is 40.3. The van der Waals surface area contributed by atoms with Gasteiger partial charge in [0.2, 0.25) is 11.4 Å². The quantitative estimate of drug-likeness (QED) is 0.0426. The molecule has 0 amide bonds. The first-order valence-electron chi connectivity index (χ1n) is 24.3. The zero-order chi connectivity index (χ0) is 41.8. The van der Waals surface area contributed by atoms with Crippen molar-refractivity contribution in [2.75, 3.05) is 0 Å². The summed E-state index contributed by atoms with van der Waals surface area (Å²) in [4.78, 5) is 0. The Morgan fingerprint density at radius 2 is 0.684 bits per heavy atom. The van der Waals surface area contributed by atoms with Crippen molar-refractivity contribution < 1.29 is 19.1 Å². The molecule has 0 spiro atoms. The Hall–Kier alpha value is -1.99. The topological polar surface area (TPSA) is 25.3 Å². The van der Waals surface area contributed by atoms with Gasteiger partial charge < -0.3 is 5.53 Å². The van der Waals surface area contributed by atoms with Gasteiger partial charge in [-0.25, -0.2) is 4.70 Å². The summed E-state index contributed by atoms with van der Waals surface area (Å²) in [6.45, 7) is 18.6. The molecule has 1 heterocycles. The molecule has 1 aliphatic heterocycles. The summed E-state index contributed by atoms with van der Waals surface area (Å²) >= 11 is 1.62. The minimum absolute atomic E-state index is 1.03. The molecule has 2 aromatic carbocycles. The molecule has 0 saturated carbocycles. The van der Waals surface area contributed by atoms with Crippen LogP contribution in [0.15, 0.2) is 35.4 Å². The van der Waals surface area contributed by atoms with Gasteiger partial charge in [0.1, 0.15) is 0 Å². The number of hydrogen-bond acceptors (Lipinski definition) is 0. The summed E-state index contributed by atoms with van der Waals surface area (Å²) in [6.07, 6.45) is 33.9. The average molecular weight is 826 g/mol. The fraction of sp³-hybridized carbons (Fsp3) is 0.704. The molecule has 2 aromatic rings. The summed E-state index contributed by atoms with van der Waals surface area (Å²) in [5.41, 5.74) is 29.7. The van der Waals surface area contributed by atoms with Crippen LogP contribution in [0.4, 0.5) is 0 Å². The van der Waals surface area contributed by atoms with Gasteiger partial charge in [-0.2, -0.15) is 0 Å². The molecule has 3 rings (SSSR count). The predicted molar refractivity (Wildman–Crippen MR) is 251 cm³/mol. The molecular weight excluding hydrogens is 735 g/mol. The van der Waals surface area contributed by atoms with Crippen molar-refractivity contribution in [1.82, 2.24) is 0 Å². The van der Waals surface area contributed by atoms with E-state index in [0.717, 1.165) is 82.0 Å². The Kier molecular flexibility index (Phi) is 27.8. The minimum atomic E-state index is 1.03. The molecule has 0 fully saturated rings. The fourth-order valence-corrected chi connectivity index (χ4v) is 9.09. The van der Waals surface area contributed by atoms with Crippen molar-refractivity contribution in [2.45, 2.75) is 247 Å². The molecule has 57 heavy (non-hydrogen) atoms. The second-order valence-corrected chi connectivity index (χ2v) is 18.1. The van der Waals surface area contributed by atoms with Gasteiger partial charge >= 0.3 is 26.2 Å². The molecule has 0 radical (unpaired) electrons. The van der Waals surface area contributed by atoms with E-state index >= 15 is 0 Å². The summed E-state index contributed by atoms with van der Waals surface area (Å²) in [5.74, 6) is 4.12. The van der Waals surface area contributed by atoms with Crippen molar-refractivity contribution in [1.29, 1.82) is 0 Å². The van der Waals surface area contributed by atoms with Crippen molar-refractivity contribution >= 4 is 11.4 Å². The van der Waals surface area contributed by atoms with Crippen LogP contribution in [-0.4, -0.2) is 4.70 Å². The average Bonchev–Trinajstić information content (AvgIpc) is 3.48. The number of nitrogens with zero attached hydrogens (tertiary/aromatic N) is 2.